The molecule has 0 heterocycles. The monoisotopic (exact) mass is 293 g/mol. The molecule has 1 aliphatic carbocycles. The second-order valence-electron chi connectivity index (χ2n) is 5.50. The summed E-state index contributed by atoms with van der Waals surface area (Å²) in [6.07, 6.45) is 6.04. The summed E-state index contributed by atoms with van der Waals surface area (Å²) in [4.78, 5) is 12.2. The van der Waals surface area contributed by atoms with Gasteiger partial charge in [-0.25, -0.2) is 0 Å². The van der Waals surface area contributed by atoms with E-state index in [0.717, 1.165) is 37.0 Å². The van der Waals surface area contributed by atoms with Crippen molar-refractivity contribution in [2.45, 2.75) is 37.5 Å². The molecule has 0 radical (unpaired) electrons. The predicted octanol–water partition coefficient (Wildman–Crippen LogP) is 2.83. The maximum atomic E-state index is 12.2. The van der Waals surface area contributed by atoms with Gasteiger partial charge in [0.1, 0.15) is 0 Å². The summed E-state index contributed by atoms with van der Waals surface area (Å²) < 4.78 is 0. The van der Waals surface area contributed by atoms with E-state index in [9.17, 15) is 4.79 Å². The standard InChI is InChI=1S/C16H23NO2S/c1-20-11-13-2-6-14(7-3-13)16(19)17-15-8-4-12(10-18)5-9-15/h2-3,6-7,12,15,18H,4-5,8-11H2,1H3,(H,17,19). The third-order valence-electron chi connectivity index (χ3n) is 3.97. The van der Waals surface area contributed by atoms with Crippen LogP contribution < -0.4 is 5.32 Å². The molecule has 0 aromatic heterocycles. The van der Waals surface area contributed by atoms with Crippen LogP contribution in [0.2, 0.25) is 0 Å². The number of carbonyl (C=O) groups excluding carboxylic acids is 1. The molecule has 0 atom stereocenters. The summed E-state index contributed by atoms with van der Waals surface area (Å²) in [6.45, 7) is 0.275. The first-order chi connectivity index (χ1) is 9.72. The minimum atomic E-state index is 0.0214. The Bertz CT molecular complexity index is 425. The maximum absolute atomic E-state index is 12.2. The van der Waals surface area contributed by atoms with Crippen LogP contribution in [-0.4, -0.2) is 29.9 Å². The Hall–Kier alpha value is -1.00. The van der Waals surface area contributed by atoms with Crippen LogP contribution in [0, 0.1) is 5.92 Å². The van der Waals surface area contributed by atoms with E-state index < -0.39 is 0 Å². The number of amides is 1. The van der Waals surface area contributed by atoms with Crippen LogP contribution in [0.4, 0.5) is 0 Å². The predicted molar refractivity (Wildman–Crippen MR) is 84.0 cm³/mol. The van der Waals surface area contributed by atoms with Crippen LogP contribution in [0.5, 0.6) is 0 Å². The lowest BCUT2D eigenvalue weighted by molar-refractivity contribution is 0.0914. The summed E-state index contributed by atoms with van der Waals surface area (Å²) in [6, 6.07) is 8.11. The van der Waals surface area contributed by atoms with Crippen molar-refractivity contribution in [1.82, 2.24) is 5.32 Å². The Kier molecular flexibility index (Phi) is 5.92. The van der Waals surface area contributed by atoms with Crippen LogP contribution >= 0.6 is 11.8 Å². The molecule has 1 amide bonds. The smallest absolute Gasteiger partial charge is 0.251 e. The highest BCUT2D eigenvalue weighted by molar-refractivity contribution is 7.97. The van der Waals surface area contributed by atoms with Gasteiger partial charge in [0.05, 0.1) is 0 Å². The van der Waals surface area contributed by atoms with Gasteiger partial charge in [0.25, 0.3) is 5.91 Å². The number of benzene rings is 1. The van der Waals surface area contributed by atoms with Crippen LogP contribution in [0.1, 0.15) is 41.6 Å². The summed E-state index contributed by atoms with van der Waals surface area (Å²) >= 11 is 1.78. The fraction of sp³-hybridized carbons (Fsp3) is 0.562. The number of thioether (sulfide) groups is 1. The van der Waals surface area contributed by atoms with E-state index in [0.29, 0.717) is 5.92 Å². The van der Waals surface area contributed by atoms with Crippen LogP contribution in [0.15, 0.2) is 24.3 Å². The molecule has 0 spiro atoms. The number of hydrogen-bond donors (Lipinski definition) is 2. The number of aliphatic hydroxyl groups is 1. The van der Waals surface area contributed by atoms with E-state index in [1.54, 1.807) is 11.8 Å². The van der Waals surface area contributed by atoms with Gasteiger partial charge in [-0.1, -0.05) is 12.1 Å². The first-order valence-electron chi connectivity index (χ1n) is 7.22. The minimum absolute atomic E-state index is 0.0214. The molecule has 0 unspecified atom stereocenters. The van der Waals surface area contributed by atoms with Gasteiger partial charge >= 0.3 is 0 Å². The molecule has 0 aliphatic heterocycles. The lowest BCUT2D eigenvalue weighted by Crippen LogP contribution is -2.38. The van der Waals surface area contributed by atoms with E-state index >= 15 is 0 Å². The molecule has 0 bridgehead atoms. The normalized spacial score (nSPS) is 22.5. The topological polar surface area (TPSA) is 49.3 Å². The van der Waals surface area contributed by atoms with E-state index in [4.69, 9.17) is 5.11 Å². The zero-order valence-corrected chi connectivity index (χ0v) is 12.8. The van der Waals surface area contributed by atoms with Crippen molar-refractivity contribution >= 4 is 17.7 Å². The third-order valence-corrected chi connectivity index (χ3v) is 4.59. The molecule has 4 heteroatoms. The summed E-state index contributed by atoms with van der Waals surface area (Å²) in [5.74, 6) is 1.43. The number of nitrogens with one attached hydrogen (secondary N) is 1. The number of aliphatic hydroxyl groups excluding tert-OH is 1. The van der Waals surface area contributed by atoms with Crippen molar-refractivity contribution in [1.29, 1.82) is 0 Å². The zero-order chi connectivity index (χ0) is 14.4. The first-order valence-corrected chi connectivity index (χ1v) is 8.62. The van der Waals surface area contributed by atoms with E-state index in [1.165, 1.54) is 5.56 Å². The van der Waals surface area contributed by atoms with Crippen molar-refractivity contribution in [3.63, 3.8) is 0 Å². The first kappa shape index (κ1) is 15.4. The summed E-state index contributed by atoms with van der Waals surface area (Å²) in [7, 11) is 0. The fourth-order valence-corrected chi connectivity index (χ4v) is 3.20. The Morgan fingerprint density at radius 2 is 1.90 bits per heavy atom. The van der Waals surface area contributed by atoms with E-state index in [1.807, 2.05) is 24.3 Å². The molecule has 1 fully saturated rings. The van der Waals surface area contributed by atoms with Crippen molar-refractivity contribution < 1.29 is 9.90 Å². The highest BCUT2D eigenvalue weighted by Gasteiger charge is 2.22. The molecule has 20 heavy (non-hydrogen) atoms. The van der Waals surface area contributed by atoms with Gasteiger partial charge in [0.2, 0.25) is 0 Å². The Labute approximate surface area is 125 Å². The number of carbonyl (C=O) groups is 1. The SMILES string of the molecule is CSCc1ccc(C(=O)NC2CCC(CO)CC2)cc1. The van der Waals surface area contributed by atoms with Crippen molar-refractivity contribution in [2.24, 2.45) is 5.92 Å². The summed E-state index contributed by atoms with van der Waals surface area (Å²) in [5.41, 5.74) is 1.98. The van der Waals surface area contributed by atoms with Gasteiger partial charge in [-0.2, -0.15) is 11.8 Å². The van der Waals surface area contributed by atoms with Gasteiger partial charge in [-0.3, -0.25) is 4.79 Å². The van der Waals surface area contributed by atoms with Gasteiger partial charge in [0, 0.05) is 24.0 Å². The largest absolute Gasteiger partial charge is 0.396 e. The van der Waals surface area contributed by atoms with Crippen LogP contribution in [0.3, 0.4) is 0 Å². The molecule has 0 saturated heterocycles. The third kappa shape index (κ3) is 4.25. The van der Waals surface area contributed by atoms with Crippen LogP contribution in [0.25, 0.3) is 0 Å². The molecule has 110 valence electrons. The second kappa shape index (κ2) is 7.70. The lowest BCUT2D eigenvalue weighted by Gasteiger charge is -2.27. The lowest BCUT2D eigenvalue weighted by atomic mass is 9.86. The van der Waals surface area contributed by atoms with Gasteiger partial charge in [-0.05, 0) is 55.6 Å². The molecular weight excluding hydrogens is 270 g/mol. The molecule has 3 nitrogen and oxygen atoms in total. The molecular formula is C16H23NO2S. The molecule has 1 aromatic rings. The number of hydrogen-bond acceptors (Lipinski definition) is 3. The van der Waals surface area contributed by atoms with Crippen molar-refractivity contribution in [3.8, 4) is 0 Å². The van der Waals surface area contributed by atoms with Crippen LogP contribution in [-0.2, 0) is 5.75 Å². The summed E-state index contributed by atoms with van der Waals surface area (Å²) in [5, 5.41) is 12.2. The number of rotatable bonds is 5. The fourth-order valence-electron chi connectivity index (χ4n) is 2.68. The Morgan fingerprint density at radius 3 is 2.45 bits per heavy atom. The average molecular weight is 293 g/mol. The second-order valence-corrected chi connectivity index (χ2v) is 6.37. The minimum Gasteiger partial charge on any atom is -0.396 e. The quantitative estimate of drug-likeness (QED) is 0.877. The van der Waals surface area contributed by atoms with E-state index in [2.05, 4.69) is 11.6 Å². The Balaban J connectivity index is 1.85. The van der Waals surface area contributed by atoms with Crippen molar-refractivity contribution in [2.75, 3.05) is 12.9 Å². The average Bonchev–Trinajstić information content (AvgIpc) is 2.49. The zero-order valence-electron chi connectivity index (χ0n) is 12.0. The molecule has 1 aromatic carbocycles. The molecule has 2 rings (SSSR count). The van der Waals surface area contributed by atoms with Crippen molar-refractivity contribution in [3.05, 3.63) is 35.4 Å². The van der Waals surface area contributed by atoms with E-state index in [-0.39, 0.29) is 18.6 Å². The van der Waals surface area contributed by atoms with Gasteiger partial charge < -0.3 is 10.4 Å². The van der Waals surface area contributed by atoms with Gasteiger partial charge in [-0.15, -0.1) is 0 Å². The highest BCUT2D eigenvalue weighted by Crippen LogP contribution is 2.24. The Morgan fingerprint density at radius 1 is 1.25 bits per heavy atom. The molecule has 2 N–H and O–H groups in total. The maximum Gasteiger partial charge on any atom is 0.251 e. The highest BCUT2D eigenvalue weighted by atomic mass is 32.2. The molecule has 1 saturated carbocycles. The molecule has 1 aliphatic rings. The van der Waals surface area contributed by atoms with Gasteiger partial charge in [0.15, 0.2) is 0 Å².